The summed E-state index contributed by atoms with van der Waals surface area (Å²) in [5.41, 5.74) is 0.821. The smallest absolute Gasteiger partial charge is 0.261 e. The Kier molecular flexibility index (Phi) is 12.4. The van der Waals surface area contributed by atoms with Crippen LogP contribution in [0.3, 0.4) is 0 Å². The Labute approximate surface area is 242 Å². The van der Waals surface area contributed by atoms with Crippen LogP contribution in [0.1, 0.15) is 32.8 Å². The van der Waals surface area contributed by atoms with Crippen molar-refractivity contribution in [3.8, 4) is 11.5 Å². The van der Waals surface area contributed by atoms with Gasteiger partial charge < -0.3 is 29.2 Å². The van der Waals surface area contributed by atoms with Crippen LogP contribution in [0.4, 0.5) is 0 Å². The van der Waals surface area contributed by atoms with Crippen LogP contribution in [0, 0.1) is 0 Å². The number of ether oxygens (including phenoxy) is 4. The van der Waals surface area contributed by atoms with E-state index in [4.69, 9.17) is 18.9 Å². The first-order chi connectivity index (χ1) is 19.6. The molecule has 1 atom stereocenters. The Morgan fingerprint density at radius 2 is 1.63 bits per heavy atom. The molecule has 0 aromatic heterocycles. The van der Waals surface area contributed by atoms with E-state index < -0.39 is 22.0 Å². The molecule has 41 heavy (non-hydrogen) atoms. The van der Waals surface area contributed by atoms with Gasteiger partial charge in [0.2, 0.25) is 15.9 Å². The van der Waals surface area contributed by atoms with Gasteiger partial charge in [0.05, 0.1) is 31.3 Å². The molecule has 0 bridgehead atoms. The molecule has 1 heterocycles. The minimum absolute atomic E-state index is 0.118. The van der Waals surface area contributed by atoms with Crippen LogP contribution in [-0.4, -0.2) is 94.8 Å². The van der Waals surface area contributed by atoms with Crippen molar-refractivity contribution in [2.45, 2.75) is 50.8 Å². The van der Waals surface area contributed by atoms with Gasteiger partial charge in [-0.2, -0.15) is 4.31 Å². The van der Waals surface area contributed by atoms with Crippen molar-refractivity contribution in [2.75, 3.05) is 53.2 Å². The predicted molar refractivity (Wildman–Crippen MR) is 153 cm³/mol. The van der Waals surface area contributed by atoms with E-state index in [0.717, 1.165) is 5.56 Å². The zero-order chi connectivity index (χ0) is 29.8. The Balaban J connectivity index is 1.64. The third-order valence-electron chi connectivity index (χ3n) is 6.54. The molecule has 2 aromatic carbocycles. The Morgan fingerprint density at radius 1 is 1.00 bits per heavy atom. The molecule has 11 nitrogen and oxygen atoms in total. The molecule has 2 amide bonds. The Morgan fingerprint density at radius 3 is 2.24 bits per heavy atom. The van der Waals surface area contributed by atoms with Crippen molar-refractivity contribution in [1.82, 2.24) is 14.5 Å². The van der Waals surface area contributed by atoms with E-state index in [1.165, 1.54) is 33.5 Å². The van der Waals surface area contributed by atoms with Gasteiger partial charge in [-0.25, -0.2) is 8.42 Å². The van der Waals surface area contributed by atoms with Gasteiger partial charge >= 0.3 is 0 Å². The highest BCUT2D eigenvalue weighted by molar-refractivity contribution is 7.89. The maximum atomic E-state index is 13.3. The fourth-order valence-corrected chi connectivity index (χ4v) is 5.54. The summed E-state index contributed by atoms with van der Waals surface area (Å²) in [6.45, 7) is 7.72. The van der Waals surface area contributed by atoms with Gasteiger partial charge in [0.25, 0.3) is 5.91 Å². The van der Waals surface area contributed by atoms with Crippen LogP contribution >= 0.6 is 0 Å². The normalized spacial score (nSPS) is 14.9. The molecule has 226 valence electrons. The lowest BCUT2D eigenvalue weighted by atomic mass is 10.1. The number of rotatable bonds is 15. The third-order valence-corrected chi connectivity index (χ3v) is 8.46. The first-order valence-corrected chi connectivity index (χ1v) is 15.2. The molecular formula is C29H41N3O8S. The average Bonchev–Trinajstić information content (AvgIpc) is 2.98. The van der Waals surface area contributed by atoms with E-state index >= 15 is 0 Å². The molecule has 0 spiro atoms. The zero-order valence-electron chi connectivity index (χ0n) is 24.2. The second-order valence-corrected chi connectivity index (χ2v) is 11.8. The summed E-state index contributed by atoms with van der Waals surface area (Å²) in [5.74, 6) is 0.347. The quantitative estimate of drug-likeness (QED) is 0.314. The van der Waals surface area contributed by atoms with E-state index in [-0.39, 0.29) is 30.1 Å². The summed E-state index contributed by atoms with van der Waals surface area (Å²) < 4.78 is 48.8. The van der Waals surface area contributed by atoms with Crippen molar-refractivity contribution in [2.24, 2.45) is 0 Å². The molecule has 1 aliphatic rings. The second-order valence-electron chi connectivity index (χ2n) is 9.89. The number of carbonyl (C=O) groups excluding carboxylic acids is 2. The molecule has 1 unspecified atom stereocenters. The van der Waals surface area contributed by atoms with Gasteiger partial charge in [0, 0.05) is 32.8 Å². The average molecular weight is 592 g/mol. The second kappa shape index (κ2) is 15.7. The summed E-state index contributed by atoms with van der Waals surface area (Å²) >= 11 is 0. The monoisotopic (exact) mass is 591 g/mol. The number of nitrogens with one attached hydrogen (secondary N) is 1. The highest BCUT2D eigenvalue weighted by Gasteiger charge is 2.28. The standard InChI is InChI=1S/C29H41N3O8S/c1-22(2)39-17-5-14-30-29(34)23(3)32(20-24-6-8-25(37-4)9-7-24)28(33)21-40-26-10-12-27(13-11-26)41(35,36)31-15-18-38-19-16-31/h6-13,22-23H,5,14-21H2,1-4H3,(H,30,34). The molecule has 1 fully saturated rings. The predicted octanol–water partition coefficient (Wildman–Crippen LogP) is 2.44. The van der Waals surface area contributed by atoms with E-state index in [1.807, 2.05) is 26.0 Å². The lowest BCUT2D eigenvalue weighted by molar-refractivity contribution is -0.142. The van der Waals surface area contributed by atoms with Gasteiger partial charge in [0.1, 0.15) is 17.5 Å². The van der Waals surface area contributed by atoms with Crippen LogP contribution in [0.15, 0.2) is 53.4 Å². The van der Waals surface area contributed by atoms with Crippen LogP contribution in [0.5, 0.6) is 11.5 Å². The molecule has 12 heteroatoms. The largest absolute Gasteiger partial charge is 0.497 e. The first kappa shape index (κ1) is 32.3. The number of benzene rings is 2. The van der Waals surface area contributed by atoms with Crippen LogP contribution in [-0.2, 0) is 35.6 Å². The molecule has 1 N–H and O–H groups in total. The first-order valence-electron chi connectivity index (χ1n) is 13.7. The van der Waals surface area contributed by atoms with Crippen LogP contribution in [0.2, 0.25) is 0 Å². The highest BCUT2D eigenvalue weighted by Crippen LogP contribution is 2.21. The van der Waals surface area contributed by atoms with Crippen LogP contribution < -0.4 is 14.8 Å². The fraction of sp³-hybridized carbons (Fsp3) is 0.517. The van der Waals surface area contributed by atoms with E-state index in [9.17, 15) is 18.0 Å². The fourth-order valence-electron chi connectivity index (χ4n) is 4.13. The molecular weight excluding hydrogens is 550 g/mol. The van der Waals surface area contributed by atoms with Gasteiger partial charge in [0.15, 0.2) is 6.61 Å². The summed E-state index contributed by atoms with van der Waals surface area (Å²) in [6, 6.07) is 12.4. The molecule has 3 rings (SSSR count). The zero-order valence-corrected chi connectivity index (χ0v) is 25.0. The molecule has 0 aliphatic carbocycles. The molecule has 0 radical (unpaired) electrons. The van der Waals surface area contributed by atoms with Crippen LogP contribution in [0.25, 0.3) is 0 Å². The maximum Gasteiger partial charge on any atom is 0.261 e. The van der Waals surface area contributed by atoms with E-state index in [1.54, 1.807) is 26.2 Å². The number of amides is 2. The van der Waals surface area contributed by atoms with Crippen molar-refractivity contribution < 1.29 is 37.0 Å². The number of morpholine rings is 1. The third kappa shape index (κ3) is 9.70. The molecule has 1 saturated heterocycles. The van der Waals surface area contributed by atoms with Gasteiger partial charge in [-0.05, 0) is 69.2 Å². The summed E-state index contributed by atoms with van der Waals surface area (Å²) in [4.78, 5) is 27.9. The van der Waals surface area contributed by atoms with Gasteiger partial charge in [-0.3, -0.25) is 9.59 Å². The highest BCUT2D eigenvalue weighted by atomic mass is 32.2. The number of methoxy groups -OCH3 is 1. The van der Waals surface area contributed by atoms with Gasteiger partial charge in [-0.1, -0.05) is 12.1 Å². The molecule has 1 aliphatic heterocycles. The Hall–Kier alpha value is -3.19. The lowest BCUT2D eigenvalue weighted by Gasteiger charge is -2.29. The van der Waals surface area contributed by atoms with E-state index in [0.29, 0.717) is 57.4 Å². The molecule has 2 aromatic rings. The number of hydrogen-bond donors (Lipinski definition) is 1. The van der Waals surface area contributed by atoms with Gasteiger partial charge in [-0.15, -0.1) is 0 Å². The SMILES string of the molecule is COc1ccc(CN(C(=O)COc2ccc(S(=O)(=O)N3CCOCC3)cc2)C(C)C(=O)NCCCOC(C)C)cc1. The number of carbonyl (C=O) groups is 2. The minimum Gasteiger partial charge on any atom is -0.497 e. The molecule has 0 saturated carbocycles. The van der Waals surface area contributed by atoms with Crippen molar-refractivity contribution >= 4 is 21.8 Å². The number of sulfonamides is 1. The van der Waals surface area contributed by atoms with Crippen molar-refractivity contribution in [1.29, 1.82) is 0 Å². The summed E-state index contributed by atoms with van der Waals surface area (Å²) in [7, 11) is -2.06. The summed E-state index contributed by atoms with van der Waals surface area (Å²) in [5, 5.41) is 2.87. The Bertz CT molecular complexity index is 1210. The van der Waals surface area contributed by atoms with Crippen molar-refractivity contribution in [3.05, 3.63) is 54.1 Å². The minimum atomic E-state index is -3.64. The van der Waals surface area contributed by atoms with Crippen molar-refractivity contribution in [3.63, 3.8) is 0 Å². The topological polar surface area (TPSA) is 124 Å². The number of nitrogens with zero attached hydrogens (tertiary/aromatic N) is 2. The number of hydrogen-bond acceptors (Lipinski definition) is 8. The maximum absolute atomic E-state index is 13.3. The summed E-state index contributed by atoms with van der Waals surface area (Å²) in [6.07, 6.45) is 0.774. The lowest BCUT2D eigenvalue weighted by Crippen LogP contribution is -2.49. The van der Waals surface area contributed by atoms with E-state index in [2.05, 4.69) is 5.32 Å².